The molecular formula is C32H22FN7O. The van der Waals surface area contributed by atoms with Gasteiger partial charge >= 0.3 is 0 Å². The molecule has 0 spiro atoms. The lowest BCUT2D eigenvalue weighted by Gasteiger charge is -2.08. The molecule has 0 aliphatic heterocycles. The Balaban J connectivity index is 1.21. The monoisotopic (exact) mass is 539 g/mol. The Bertz CT molecular complexity index is 2050. The van der Waals surface area contributed by atoms with Crippen LogP contribution in [0.15, 0.2) is 104 Å². The van der Waals surface area contributed by atoms with Crippen LogP contribution in [0.25, 0.3) is 55.7 Å². The Kier molecular flexibility index (Phi) is 6.01. The minimum atomic E-state index is -0.324. The van der Waals surface area contributed by atoms with E-state index in [1.807, 2.05) is 60.7 Å². The summed E-state index contributed by atoms with van der Waals surface area (Å²) in [5.74, 6) is 0.129. The van der Waals surface area contributed by atoms with Crippen molar-refractivity contribution in [3.63, 3.8) is 0 Å². The van der Waals surface area contributed by atoms with Crippen molar-refractivity contribution >= 4 is 33.5 Å². The number of fused-ring (bicyclic) bond motifs is 2. The Hall–Kier alpha value is -5.70. The van der Waals surface area contributed by atoms with Crippen molar-refractivity contribution in [2.24, 2.45) is 0 Å². The van der Waals surface area contributed by atoms with Gasteiger partial charge in [0.05, 0.1) is 41.1 Å². The van der Waals surface area contributed by atoms with Gasteiger partial charge in [-0.25, -0.2) is 9.37 Å². The maximum Gasteiger partial charge on any atom is 0.228 e. The number of imidazole rings is 1. The molecule has 4 heterocycles. The lowest BCUT2D eigenvalue weighted by molar-refractivity contribution is -0.115. The van der Waals surface area contributed by atoms with E-state index in [0.717, 1.165) is 38.7 Å². The molecule has 0 fully saturated rings. The zero-order valence-electron chi connectivity index (χ0n) is 21.6. The second kappa shape index (κ2) is 10.1. The third-order valence-electron chi connectivity index (χ3n) is 6.88. The van der Waals surface area contributed by atoms with Gasteiger partial charge in [-0.15, -0.1) is 0 Å². The summed E-state index contributed by atoms with van der Waals surface area (Å²) in [5, 5.41) is 11.4. The van der Waals surface area contributed by atoms with Gasteiger partial charge < -0.3 is 10.3 Å². The predicted molar refractivity (Wildman–Crippen MR) is 156 cm³/mol. The Morgan fingerprint density at radius 3 is 2.56 bits per heavy atom. The number of hydrogen-bond acceptors (Lipinski definition) is 5. The number of halogens is 1. The molecule has 8 nitrogen and oxygen atoms in total. The van der Waals surface area contributed by atoms with Gasteiger partial charge in [0.1, 0.15) is 11.5 Å². The average Bonchev–Trinajstić information content (AvgIpc) is 3.61. The van der Waals surface area contributed by atoms with E-state index in [2.05, 4.69) is 30.5 Å². The van der Waals surface area contributed by atoms with Crippen LogP contribution in [0.3, 0.4) is 0 Å². The lowest BCUT2D eigenvalue weighted by Crippen LogP contribution is -2.14. The SMILES string of the molecule is O=C(Cc1ccccc1)Nc1cncc(-c2ccc3[nH]nc(-c4nc5c(-c6cccc(F)c6)cncc5[nH]4)c3c2)c1. The Labute approximate surface area is 233 Å². The molecule has 0 aliphatic rings. The Morgan fingerprint density at radius 1 is 0.805 bits per heavy atom. The summed E-state index contributed by atoms with van der Waals surface area (Å²) in [7, 11) is 0. The maximum absolute atomic E-state index is 13.9. The van der Waals surface area contributed by atoms with Crippen LogP contribution in [0, 0.1) is 5.82 Å². The third-order valence-corrected chi connectivity index (χ3v) is 6.88. The smallest absolute Gasteiger partial charge is 0.228 e. The molecule has 7 aromatic rings. The number of pyridine rings is 2. The van der Waals surface area contributed by atoms with Crippen molar-refractivity contribution < 1.29 is 9.18 Å². The van der Waals surface area contributed by atoms with Gasteiger partial charge in [-0.1, -0.05) is 48.5 Å². The molecule has 0 bridgehead atoms. The van der Waals surface area contributed by atoms with Crippen LogP contribution >= 0.6 is 0 Å². The highest BCUT2D eigenvalue weighted by Crippen LogP contribution is 2.33. The van der Waals surface area contributed by atoms with E-state index < -0.39 is 0 Å². The van der Waals surface area contributed by atoms with Crippen molar-refractivity contribution in [3.8, 4) is 33.8 Å². The van der Waals surface area contributed by atoms with E-state index in [4.69, 9.17) is 4.98 Å². The number of carbonyl (C=O) groups excluding carboxylic acids is 1. The summed E-state index contributed by atoms with van der Waals surface area (Å²) in [6.45, 7) is 0. The molecule has 4 aromatic heterocycles. The molecule has 1 amide bonds. The van der Waals surface area contributed by atoms with Crippen molar-refractivity contribution in [2.75, 3.05) is 5.32 Å². The summed E-state index contributed by atoms with van der Waals surface area (Å²) >= 11 is 0. The van der Waals surface area contributed by atoms with E-state index in [0.29, 0.717) is 28.3 Å². The number of nitrogens with zero attached hydrogens (tertiary/aromatic N) is 4. The fourth-order valence-electron chi connectivity index (χ4n) is 4.94. The van der Waals surface area contributed by atoms with E-state index in [1.54, 1.807) is 30.9 Å². The highest BCUT2D eigenvalue weighted by atomic mass is 19.1. The number of amides is 1. The number of nitrogens with one attached hydrogen (secondary N) is 3. The predicted octanol–water partition coefficient (Wildman–Crippen LogP) is 6.55. The van der Waals surface area contributed by atoms with Crippen LogP contribution in [-0.4, -0.2) is 36.0 Å². The van der Waals surface area contributed by atoms with Gasteiger partial charge in [0.2, 0.25) is 5.91 Å². The van der Waals surface area contributed by atoms with Gasteiger partial charge in [-0.05, 0) is 47.0 Å². The van der Waals surface area contributed by atoms with Gasteiger partial charge in [-0.3, -0.25) is 19.9 Å². The largest absolute Gasteiger partial charge is 0.335 e. The number of carbonyl (C=O) groups is 1. The minimum Gasteiger partial charge on any atom is -0.335 e. The number of benzene rings is 3. The number of hydrogen-bond donors (Lipinski definition) is 3. The van der Waals surface area contributed by atoms with Gasteiger partial charge in [-0.2, -0.15) is 5.10 Å². The maximum atomic E-state index is 13.9. The van der Waals surface area contributed by atoms with Crippen LogP contribution in [-0.2, 0) is 11.2 Å². The van der Waals surface area contributed by atoms with Crippen molar-refractivity contribution in [3.05, 3.63) is 115 Å². The van der Waals surface area contributed by atoms with E-state index >= 15 is 0 Å². The first-order chi connectivity index (χ1) is 20.1. The average molecular weight is 540 g/mol. The van der Waals surface area contributed by atoms with Crippen LogP contribution in [0.1, 0.15) is 5.56 Å². The van der Waals surface area contributed by atoms with Crippen LogP contribution in [0.4, 0.5) is 10.1 Å². The molecule has 0 aliphatic carbocycles. The number of aromatic nitrogens is 6. The Morgan fingerprint density at radius 2 is 1.68 bits per heavy atom. The normalized spacial score (nSPS) is 11.2. The molecule has 3 N–H and O–H groups in total. The van der Waals surface area contributed by atoms with Crippen LogP contribution in [0.5, 0.6) is 0 Å². The summed E-state index contributed by atoms with van der Waals surface area (Å²) in [4.78, 5) is 29.4. The molecule has 7 rings (SSSR count). The summed E-state index contributed by atoms with van der Waals surface area (Å²) < 4.78 is 13.9. The minimum absolute atomic E-state index is 0.111. The lowest BCUT2D eigenvalue weighted by atomic mass is 10.0. The number of rotatable bonds is 6. The second-order valence-electron chi connectivity index (χ2n) is 9.68. The summed E-state index contributed by atoms with van der Waals surface area (Å²) in [6.07, 6.45) is 7.04. The van der Waals surface area contributed by atoms with Crippen molar-refractivity contribution in [2.45, 2.75) is 6.42 Å². The standard InChI is InChI=1S/C32H22FN7O/c33-23-8-4-7-21(12-23)26-17-35-18-28-30(26)38-32(37-28)31-25-14-20(9-10-27(25)39-40-31)22-13-24(16-34-15-22)36-29(41)11-19-5-2-1-3-6-19/h1-10,12-18H,11H2,(H,36,41)(H,37,38)(H,39,40). The molecule has 0 unspecified atom stereocenters. The van der Waals surface area contributed by atoms with Gasteiger partial charge in [0.15, 0.2) is 5.82 Å². The fourth-order valence-corrected chi connectivity index (χ4v) is 4.94. The van der Waals surface area contributed by atoms with E-state index in [-0.39, 0.29) is 18.1 Å². The topological polar surface area (TPSA) is 112 Å². The molecule has 0 saturated heterocycles. The van der Waals surface area contributed by atoms with E-state index in [1.165, 1.54) is 12.1 Å². The first-order valence-corrected chi connectivity index (χ1v) is 13.0. The molecule has 9 heteroatoms. The zero-order chi connectivity index (χ0) is 27.8. The number of aromatic amines is 2. The molecule has 3 aromatic carbocycles. The molecule has 0 atom stereocenters. The molecule has 198 valence electrons. The number of anilines is 1. The zero-order valence-corrected chi connectivity index (χ0v) is 21.6. The second-order valence-corrected chi connectivity index (χ2v) is 9.68. The fraction of sp³-hybridized carbons (Fsp3) is 0.0312. The van der Waals surface area contributed by atoms with Gasteiger partial charge in [0, 0.05) is 28.9 Å². The highest BCUT2D eigenvalue weighted by molar-refractivity contribution is 5.98. The van der Waals surface area contributed by atoms with Crippen LogP contribution in [0.2, 0.25) is 0 Å². The van der Waals surface area contributed by atoms with Crippen LogP contribution < -0.4 is 5.32 Å². The van der Waals surface area contributed by atoms with Crippen molar-refractivity contribution in [1.82, 2.24) is 30.1 Å². The van der Waals surface area contributed by atoms with Crippen molar-refractivity contribution in [1.29, 1.82) is 0 Å². The molecule has 0 saturated carbocycles. The van der Waals surface area contributed by atoms with Gasteiger partial charge in [0.25, 0.3) is 0 Å². The molecule has 0 radical (unpaired) electrons. The third kappa shape index (κ3) is 4.80. The highest BCUT2D eigenvalue weighted by Gasteiger charge is 2.17. The molecule has 41 heavy (non-hydrogen) atoms. The first-order valence-electron chi connectivity index (χ1n) is 13.0. The quantitative estimate of drug-likeness (QED) is 0.222. The first kappa shape index (κ1) is 24.3. The number of H-pyrrole nitrogens is 2. The summed E-state index contributed by atoms with van der Waals surface area (Å²) in [5.41, 5.74) is 7.61. The summed E-state index contributed by atoms with van der Waals surface area (Å²) in [6, 6.07) is 23.8. The molecular weight excluding hydrogens is 517 g/mol. The van der Waals surface area contributed by atoms with E-state index in [9.17, 15) is 9.18 Å².